The standard InChI is InChI=1S/C12H15ClN2O2/c1-9-8-15(5-2-6-17-9)12(16)10-7-14-4-3-11(10)13/h3-4,7,9H,2,5-6,8H2,1H3. The van der Waals surface area contributed by atoms with Gasteiger partial charge >= 0.3 is 0 Å². The average molecular weight is 255 g/mol. The minimum Gasteiger partial charge on any atom is -0.377 e. The zero-order valence-corrected chi connectivity index (χ0v) is 10.5. The van der Waals surface area contributed by atoms with E-state index in [4.69, 9.17) is 16.3 Å². The number of halogens is 1. The maximum atomic E-state index is 12.3. The summed E-state index contributed by atoms with van der Waals surface area (Å²) in [6.07, 6.45) is 4.01. The van der Waals surface area contributed by atoms with Gasteiger partial charge in [0.25, 0.3) is 5.91 Å². The molecule has 0 radical (unpaired) electrons. The third-order valence-electron chi connectivity index (χ3n) is 2.74. The van der Waals surface area contributed by atoms with Gasteiger partial charge in [0, 0.05) is 32.1 Å². The molecule has 0 saturated carbocycles. The summed E-state index contributed by atoms with van der Waals surface area (Å²) in [7, 11) is 0. The number of carbonyl (C=O) groups excluding carboxylic acids is 1. The summed E-state index contributed by atoms with van der Waals surface area (Å²) in [4.78, 5) is 18.0. The van der Waals surface area contributed by atoms with Crippen molar-refractivity contribution in [3.63, 3.8) is 0 Å². The normalized spacial score (nSPS) is 21.1. The van der Waals surface area contributed by atoms with E-state index in [0.29, 0.717) is 30.3 Å². The van der Waals surface area contributed by atoms with Crippen LogP contribution in [0.2, 0.25) is 5.02 Å². The van der Waals surface area contributed by atoms with Crippen molar-refractivity contribution in [2.45, 2.75) is 19.4 Å². The third kappa shape index (κ3) is 2.96. The van der Waals surface area contributed by atoms with E-state index in [1.165, 1.54) is 6.20 Å². The Hall–Kier alpha value is -1.13. The molecular formula is C12H15ClN2O2. The second kappa shape index (κ2) is 5.47. The fourth-order valence-electron chi connectivity index (χ4n) is 1.88. The van der Waals surface area contributed by atoms with Crippen LogP contribution in [0.5, 0.6) is 0 Å². The predicted octanol–water partition coefficient (Wildman–Crippen LogP) is 1.99. The van der Waals surface area contributed by atoms with Crippen molar-refractivity contribution in [2.24, 2.45) is 0 Å². The highest BCUT2D eigenvalue weighted by molar-refractivity contribution is 6.33. The van der Waals surface area contributed by atoms with Gasteiger partial charge in [-0.25, -0.2) is 0 Å². The molecule has 1 atom stereocenters. The van der Waals surface area contributed by atoms with E-state index in [0.717, 1.165) is 6.42 Å². The highest BCUT2D eigenvalue weighted by Gasteiger charge is 2.22. The summed E-state index contributed by atoms with van der Waals surface area (Å²) in [6, 6.07) is 1.63. The highest BCUT2D eigenvalue weighted by atomic mass is 35.5. The summed E-state index contributed by atoms with van der Waals surface area (Å²) in [5.74, 6) is -0.0690. The van der Waals surface area contributed by atoms with Gasteiger partial charge in [0.15, 0.2) is 0 Å². The predicted molar refractivity (Wildman–Crippen MR) is 65.2 cm³/mol. The molecular weight excluding hydrogens is 240 g/mol. The van der Waals surface area contributed by atoms with E-state index < -0.39 is 0 Å². The number of carbonyl (C=O) groups is 1. The van der Waals surface area contributed by atoms with E-state index in [1.54, 1.807) is 17.2 Å². The second-order valence-electron chi connectivity index (χ2n) is 4.14. The highest BCUT2D eigenvalue weighted by Crippen LogP contribution is 2.17. The molecule has 1 fully saturated rings. The van der Waals surface area contributed by atoms with Crippen LogP contribution in [0.3, 0.4) is 0 Å². The molecule has 2 rings (SSSR count). The molecule has 4 nitrogen and oxygen atoms in total. The van der Waals surface area contributed by atoms with E-state index in [9.17, 15) is 4.79 Å². The lowest BCUT2D eigenvalue weighted by atomic mass is 10.2. The summed E-state index contributed by atoms with van der Waals surface area (Å²) < 4.78 is 5.51. The van der Waals surface area contributed by atoms with Crippen LogP contribution in [0, 0.1) is 0 Å². The van der Waals surface area contributed by atoms with Crippen LogP contribution in [0.4, 0.5) is 0 Å². The molecule has 1 aliphatic rings. The number of aromatic nitrogens is 1. The number of pyridine rings is 1. The van der Waals surface area contributed by atoms with Crippen LogP contribution in [0.15, 0.2) is 18.5 Å². The molecule has 1 saturated heterocycles. The molecule has 92 valence electrons. The third-order valence-corrected chi connectivity index (χ3v) is 3.07. The van der Waals surface area contributed by atoms with Gasteiger partial charge < -0.3 is 9.64 Å². The molecule has 1 unspecified atom stereocenters. The fraction of sp³-hybridized carbons (Fsp3) is 0.500. The van der Waals surface area contributed by atoms with Gasteiger partial charge in [0.1, 0.15) is 0 Å². The quantitative estimate of drug-likeness (QED) is 0.770. The average Bonchev–Trinajstić information content (AvgIpc) is 2.54. The largest absolute Gasteiger partial charge is 0.377 e. The molecule has 1 aromatic heterocycles. The molecule has 1 aliphatic heterocycles. The lowest BCUT2D eigenvalue weighted by molar-refractivity contribution is 0.0562. The van der Waals surface area contributed by atoms with Crippen LogP contribution < -0.4 is 0 Å². The van der Waals surface area contributed by atoms with Crippen molar-refractivity contribution in [3.05, 3.63) is 29.0 Å². The molecule has 17 heavy (non-hydrogen) atoms. The molecule has 1 aromatic rings. The van der Waals surface area contributed by atoms with Gasteiger partial charge in [0.05, 0.1) is 16.7 Å². The van der Waals surface area contributed by atoms with E-state index in [2.05, 4.69) is 4.98 Å². The molecule has 5 heteroatoms. The Labute approximate surface area is 106 Å². The lowest BCUT2D eigenvalue weighted by Gasteiger charge is -2.22. The van der Waals surface area contributed by atoms with E-state index >= 15 is 0 Å². The van der Waals surface area contributed by atoms with Gasteiger partial charge in [-0.3, -0.25) is 9.78 Å². The van der Waals surface area contributed by atoms with Crippen molar-refractivity contribution in [1.82, 2.24) is 9.88 Å². The Balaban J connectivity index is 2.16. The first kappa shape index (κ1) is 12.3. The van der Waals surface area contributed by atoms with Crippen LogP contribution in [-0.2, 0) is 4.74 Å². The summed E-state index contributed by atoms with van der Waals surface area (Å²) in [5.41, 5.74) is 0.461. The van der Waals surface area contributed by atoms with Gasteiger partial charge in [0.2, 0.25) is 0 Å². The van der Waals surface area contributed by atoms with Crippen molar-refractivity contribution in [2.75, 3.05) is 19.7 Å². The van der Waals surface area contributed by atoms with Crippen molar-refractivity contribution in [3.8, 4) is 0 Å². The lowest BCUT2D eigenvalue weighted by Crippen LogP contribution is -2.36. The molecule has 0 N–H and O–H groups in total. The number of rotatable bonds is 1. The maximum Gasteiger partial charge on any atom is 0.257 e. The van der Waals surface area contributed by atoms with Crippen LogP contribution in [-0.4, -0.2) is 41.6 Å². The Morgan fingerprint density at radius 3 is 3.24 bits per heavy atom. The minimum absolute atomic E-state index is 0.0666. The molecule has 2 heterocycles. The van der Waals surface area contributed by atoms with Crippen molar-refractivity contribution < 1.29 is 9.53 Å². The first-order valence-electron chi connectivity index (χ1n) is 5.69. The molecule has 0 spiro atoms. The van der Waals surface area contributed by atoms with E-state index in [-0.39, 0.29) is 12.0 Å². The number of nitrogens with zero attached hydrogens (tertiary/aromatic N) is 2. The van der Waals surface area contributed by atoms with Crippen molar-refractivity contribution >= 4 is 17.5 Å². The summed E-state index contributed by atoms with van der Waals surface area (Å²) >= 11 is 6.00. The fourth-order valence-corrected chi connectivity index (χ4v) is 2.07. The first-order chi connectivity index (χ1) is 8.18. The number of hydrogen-bond donors (Lipinski definition) is 0. The molecule has 0 aromatic carbocycles. The smallest absolute Gasteiger partial charge is 0.257 e. The van der Waals surface area contributed by atoms with Crippen LogP contribution in [0.25, 0.3) is 0 Å². The zero-order chi connectivity index (χ0) is 12.3. The Bertz CT molecular complexity index is 411. The molecule has 1 amide bonds. The molecule has 0 aliphatic carbocycles. The Morgan fingerprint density at radius 1 is 1.65 bits per heavy atom. The number of amides is 1. The second-order valence-corrected chi connectivity index (χ2v) is 4.55. The minimum atomic E-state index is -0.0690. The van der Waals surface area contributed by atoms with Gasteiger partial charge in [-0.15, -0.1) is 0 Å². The SMILES string of the molecule is CC1CN(C(=O)c2cnccc2Cl)CCCO1. The van der Waals surface area contributed by atoms with E-state index in [1.807, 2.05) is 6.92 Å². The molecule has 0 bridgehead atoms. The number of ether oxygens (including phenoxy) is 1. The maximum absolute atomic E-state index is 12.3. The first-order valence-corrected chi connectivity index (χ1v) is 6.06. The van der Waals surface area contributed by atoms with Gasteiger partial charge in [-0.05, 0) is 19.4 Å². The monoisotopic (exact) mass is 254 g/mol. The van der Waals surface area contributed by atoms with Crippen LogP contribution in [0.1, 0.15) is 23.7 Å². The van der Waals surface area contributed by atoms with Gasteiger partial charge in [-0.2, -0.15) is 0 Å². The Kier molecular flexibility index (Phi) is 3.97. The zero-order valence-electron chi connectivity index (χ0n) is 9.73. The van der Waals surface area contributed by atoms with Gasteiger partial charge in [-0.1, -0.05) is 11.6 Å². The number of hydrogen-bond acceptors (Lipinski definition) is 3. The summed E-state index contributed by atoms with van der Waals surface area (Å²) in [5, 5.41) is 0.447. The topological polar surface area (TPSA) is 42.4 Å². The Morgan fingerprint density at radius 2 is 2.47 bits per heavy atom. The van der Waals surface area contributed by atoms with Crippen molar-refractivity contribution in [1.29, 1.82) is 0 Å². The van der Waals surface area contributed by atoms with Crippen LogP contribution >= 0.6 is 11.6 Å². The summed E-state index contributed by atoms with van der Waals surface area (Å²) in [6.45, 7) is 3.97.